The molecular formula is C17H27N5OS. The van der Waals surface area contributed by atoms with Gasteiger partial charge in [-0.15, -0.1) is 10.2 Å². The van der Waals surface area contributed by atoms with E-state index in [0.717, 1.165) is 35.4 Å². The number of aromatic nitrogens is 3. The topological polar surface area (TPSA) is 66.2 Å². The van der Waals surface area contributed by atoms with Crippen LogP contribution in [-0.2, 0) is 0 Å². The molecule has 0 fully saturated rings. The number of hydrogen-bond donors (Lipinski definition) is 2. The summed E-state index contributed by atoms with van der Waals surface area (Å²) < 4.78 is 2.16. The van der Waals surface area contributed by atoms with E-state index in [4.69, 9.17) is 5.11 Å². The number of para-hydroxylation sites is 1. The first-order chi connectivity index (χ1) is 11.7. The summed E-state index contributed by atoms with van der Waals surface area (Å²) in [5, 5.41) is 21.8. The van der Waals surface area contributed by atoms with E-state index in [2.05, 4.69) is 58.1 Å². The second-order valence-corrected chi connectivity index (χ2v) is 6.78. The molecule has 132 valence electrons. The average molecular weight is 350 g/mol. The SMILES string of the molecule is CCC(c1nnc(SCCNCCO)n1-c1ccccc1)N(C)C. The van der Waals surface area contributed by atoms with Crippen molar-refractivity contribution in [1.29, 1.82) is 0 Å². The highest BCUT2D eigenvalue weighted by atomic mass is 32.2. The van der Waals surface area contributed by atoms with E-state index in [1.165, 1.54) is 0 Å². The minimum absolute atomic E-state index is 0.163. The standard InChI is InChI=1S/C17H27N5OS/c1-4-15(21(2)3)16-19-20-17(24-13-11-18-10-12-23)22(16)14-8-6-5-7-9-14/h5-9,15,18,23H,4,10-13H2,1-3H3. The van der Waals surface area contributed by atoms with E-state index in [9.17, 15) is 0 Å². The summed E-state index contributed by atoms with van der Waals surface area (Å²) in [4.78, 5) is 2.18. The summed E-state index contributed by atoms with van der Waals surface area (Å²) in [6.45, 7) is 3.78. The first-order valence-corrected chi connectivity index (χ1v) is 9.29. The Balaban J connectivity index is 2.26. The molecule has 0 radical (unpaired) electrons. The third-order valence-corrected chi connectivity index (χ3v) is 4.71. The van der Waals surface area contributed by atoms with Crippen molar-refractivity contribution in [2.24, 2.45) is 0 Å². The molecule has 2 N–H and O–H groups in total. The molecule has 0 aliphatic heterocycles. The van der Waals surface area contributed by atoms with Crippen LogP contribution in [0, 0.1) is 0 Å². The minimum atomic E-state index is 0.163. The highest BCUT2D eigenvalue weighted by molar-refractivity contribution is 7.99. The first-order valence-electron chi connectivity index (χ1n) is 8.30. The van der Waals surface area contributed by atoms with Gasteiger partial charge in [-0.1, -0.05) is 36.9 Å². The van der Waals surface area contributed by atoms with Gasteiger partial charge < -0.3 is 10.4 Å². The Morgan fingerprint density at radius 2 is 1.96 bits per heavy atom. The lowest BCUT2D eigenvalue weighted by Crippen LogP contribution is -2.23. The number of rotatable bonds is 10. The molecule has 0 spiro atoms. The minimum Gasteiger partial charge on any atom is -0.395 e. The Bertz CT molecular complexity index is 602. The Hall–Kier alpha value is -1.41. The van der Waals surface area contributed by atoms with Gasteiger partial charge in [0.15, 0.2) is 11.0 Å². The summed E-state index contributed by atoms with van der Waals surface area (Å²) in [5.74, 6) is 1.85. The summed E-state index contributed by atoms with van der Waals surface area (Å²) in [6.07, 6.45) is 0.973. The van der Waals surface area contributed by atoms with Crippen LogP contribution < -0.4 is 5.32 Å². The first kappa shape index (κ1) is 18.9. The van der Waals surface area contributed by atoms with Gasteiger partial charge in [-0.3, -0.25) is 9.47 Å². The second-order valence-electron chi connectivity index (χ2n) is 5.72. The van der Waals surface area contributed by atoms with Crippen molar-refractivity contribution in [3.63, 3.8) is 0 Å². The van der Waals surface area contributed by atoms with E-state index >= 15 is 0 Å². The van der Waals surface area contributed by atoms with E-state index in [-0.39, 0.29) is 12.6 Å². The van der Waals surface area contributed by atoms with Crippen molar-refractivity contribution in [3.05, 3.63) is 36.2 Å². The zero-order valence-electron chi connectivity index (χ0n) is 14.6. The van der Waals surface area contributed by atoms with Crippen molar-refractivity contribution < 1.29 is 5.11 Å². The molecule has 0 amide bonds. The van der Waals surface area contributed by atoms with Crippen LogP contribution in [0.15, 0.2) is 35.5 Å². The second kappa shape index (κ2) is 9.78. The quantitative estimate of drug-likeness (QED) is 0.505. The fourth-order valence-electron chi connectivity index (χ4n) is 2.61. The number of nitrogens with one attached hydrogen (secondary N) is 1. The molecule has 0 aliphatic carbocycles. The van der Waals surface area contributed by atoms with Gasteiger partial charge >= 0.3 is 0 Å². The van der Waals surface area contributed by atoms with Crippen LogP contribution in [0.25, 0.3) is 5.69 Å². The maximum absolute atomic E-state index is 8.82. The highest BCUT2D eigenvalue weighted by Gasteiger charge is 2.22. The zero-order chi connectivity index (χ0) is 17.4. The molecule has 1 aromatic carbocycles. The molecule has 1 heterocycles. The predicted molar refractivity (Wildman–Crippen MR) is 98.8 cm³/mol. The Labute approximate surface area is 148 Å². The Morgan fingerprint density at radius 1 is 1.21 bits per heavy atom. The molecule has 1 unspecified atom stereocenters. The molecular weight excluding hydrogens is 322 g/mol. The molecule has 6 nitrogen and oxygen atoms in total. The van der Waals surface area contributed by atoms with Gasteiger partial charge in [-0.25, -0.2) is 0 Å². The van der Waals surface area contributed by atoms with E-state index < -0.39 is 0 Å². The van der Waals surface area contributed by atoms with Crippen LogP contribution in [0.5, 0.6) is 0 Å². The van der Waals surface area contributed by atoms with Crippen molar-refractivity contribution >= 4 is 11.8 Å². The molecule has 0 saturated carbocycles. The molecule has 2 aromatic rings. The van der Waals surface area contributed by atoms with Gasteiger partial charge in [0, 0.05) is 24.5 Å². The molecule has 7 heteroatoms. The molecule has 0 bridgehead atoms. The molecule has 0 saturated heterocycles. The van der Waals surface area contributed by atoms with E-state index in [0.29, 0.717) is 6.54 Å². The maximum Gasteiger partial charge on any atom is 0.195 e. The number of thioether (sulfide) groups is 1. The predicted octanol–water partition coefficient (Wildman–Crippen LogP) is 1.95. The highest BCUT2D eigenvalue weighted by Crippen LogP contribution is 2.28. The van der Waals surface area contributed by atoms with Crippen molar-refractivity contribution in [2.75, 3.05) is 39.5 Å². The fraction of sp³-hybridized carbons (Fsp3) is 0.529. The van der Waals surface area contributed by atoms with Crippen LogP contribution in [0.4, 0.5) is 0 Å². The van der Waals surface area contributed by atoms with Gasteiger partial charge in [0.25, 0.3) is 0 Å². The van der Waals surface area contributed by atoms with Crippen LogP contribution in [-0.4, -0.2) is 64.3 Å². The number of aliphatic hydroxyl groups is 1. The summed E-state index contributed by atoms with van der Waals surface area (Å²) in [5.41, 5.74) is 1.09. The summed E-state index contributed by atoms with van der Waals surface area (Å²) >= 11 is 1.68. The Morgan fingerprint density at radius 3 is 2.58 bits per heavy atom. The van der Waals surface area contributed by atoms with Crippen LogP contribution in [0.2, 0.25) is 0 Å². The molecule has 0 aliphatic rings. The van der Waals surface area contributed by atoms with Gasteiger partial charge in [-0.2, -0.15) is 0 Å². The van der Waals surface area contributed by atoms with Crippen LogP contribution in [0.3, 0.4) is 0 Å². The van der Waals surface area contributed by atoms with Crippen molar-refractivity contribution in [2.45, 2.75) is 24.5 Å². The van der Waals surface area contributed by atoms with Crippen molar-refractivity contribution in [1.82, 2.24) is 25.0 Å². The molecule has 1 atom stereocenters. The van der Waals surface area contributed by atoms with Crippen LogP contribution >= 0.6 is 11.8 Å². The zero-order valence-corrected chi connectivity index (χ0v) is 15.5. The lowest BCUT2D eigenvalue weighted by molar-refractivity contribution is 0.276. The third-order valence-electron chi connectivity index (χ3n) is 3.78. The molecule has 2 rings (SSSR count). The largest absolute Gasteiger partial charge is 0.395 e. The van der Waals surface area contributed by atoms with E-state index in [1.807, 2.05) is 18.2 Å². The van der Waals surface area contributed by atoms with Gasteiger partial charge in [0.05, 0.1) is 12.6 Å². The lowest BCUT2D eigenvalue weighted by Gasteiger charge is -2.23. The maximum atomic E-state index is 8.82. The smallest absolute Gasteiger partial charge is 0.195 e. The van der Waals surface area contributed by atoms with Gasteiger partial charge in [-0.05, 0) is 32.6 Å². The fourth-order valence-corrected chi connectivity index (χ4v) is 3.46. The lowest BCUT2D eigenvalue weighted by atomic mass is 10.2. The monoisotopic (exact) mass is 349 g/mol. The van der Waals surface area contributed by atoms with E-state index in [1.54, 1.807) is 11.8 Å². The number of nitrogens with zero attached hydrogens (tertiary/aromatic N) is 4. The molecule has 24 heavy (non-hydrogen) atoms. The van der Waals surface area contributed by atoms with Gasteiger partial charge in [0.1, 0.15) is 0 Å². The molecule has 1 aromatic heterocycles. The average Bonchev–Trinajstić information content (AvgIpc) is 2.99. The van der Waals surface area contributed by atoms with Crippen LogP contribution in [0.1, 0.15) is 25.2 Å². The normalized spacial score (nSPS) is 12.7. The summed E-state index contributed by atoms with van der Waals surface area (Å²) in [6, 6.07) is 10.5. The third kappa shape index (κ3) is 4.80. The number of aliphatic hydroxyl groups excluding tert-OH is 1. The summed E-state index contributed by atoms with van der Waals surface area (Å²) in [7, 11) is 4.15. The Kier molecular flexibility index (Phi) is 7.71. The number of hydrogen-bond acceptors (Lipinski definition) is 6. The van der Waals surface area contributed by atoms with Crippen molar-refractivity contribution in [3.8, 4) is 5.69 Å². The van der Waals surface area contributed by atoms with Gasteiger partial charge in [0.2, 0.25) is 0 Å². The number of benzene rings is 1.